The first-order valence-electron chi connectivity index (χ1n) is 3.40. The number of hydrogen-bond acceptors (Lipinski definition) is 1. The van der Waals surface area contributed by atoms with Gasteiger partial charge in [0.05, 0.1) is 6.10 Å². The monoisotopic (exact) mass is 146 g/mol. The first kappa shape index (κ1) is 12.6. The molecular weight excluding hydrogens is 124 g/mol. The lowest BCUT2D eigenvalue weighted by atomic mass is 10.0. The summed E-state index contributed by atoms with van der Waals surface area (Å²) in [5, 5.41) is 0. The first-order chi connectivity index (χ1) is 3.79. The lowest BCUT2D eigenvalue weighted by Crippen LogP contribution is -2.21. The molecule has 0 radical (unpaired) electrons. The minimum Gasteiger partial charge on any atom is -0.378 e. The zero-order valence-electron chi connectivity index (χ0n) is 5.68. The van der Waals surface area contributed by atoms with Crippen LogP contribution in [0.25, 0.3) is 0 Å². The molecule has 0 aliphatic carbocycles. The van der Waals surface area contributed by atoms with Gasteiger partial charge in [0.15, 0.2) is 0 Å². The van der Waals surface area contributed by atoms with Gasteiger partial charge in [-0.2, -0.15) is 0 Å². The van der Waals surface area contributed by atoms with E-state index in [1.54, 1.807) is 0 Å². The van der Waals surface area contributed by atoms with Crippen molar-refractivity contribution < 1.29 is 4.74 Å². The highest BCUT2D eigenvalue weighted by Crippen LogP contribution is 2.16. The Bertz CT molecular complexity index is 53.1. The predicted octanol–water partition coefficient (Wildman–Crippen LogP) is 3.09. The molecule has 1 nitrogen and oxygen atoms in total. The molecule has 64 valence electrons. The maximum Gasteiger partial charge on any atom is 0.0547 e. The van der Waals surface area contributed by atoms with Crippen LogP contribution in [0.4, 0.5) is 0 Å². The third-order valence-electron chi connectivity index (χ3n) is 1.73. The molecule has 1 aliphatic rings. The van der Waals surface area contributed by atoms with Gasteiger partial charge in [0, 0.05) is 6.61 Å². The fraction of sp³-hybridized carbons (Fsp3) is 1.00. The van der Waals surface area contributed by atoms with Crippen LogP contribution in [0.15, 0.2) is 0 Å². The fourth-order valence-corrected chi connectivity index (χ4v) is 1.01. The van der Waals surface area contributed by atoms with Gasteiger partial charge >= 0.3 is 0 Å². The molecule has 2 atom stereocenters. The van der Waals surface area contributed by atoms with Crippen molar-refractivity contribution in [3.8, 4) is 0 Å². The van der Waals surface area contributed by atoms with Crippen LogP contribution in [0, 0.1) is 5.92 Å². The van der Waals surface area contributed by atoms with Crippen molar-refractivity contribution in [1.29, 1.82) is 0 Å². The molecule has 10 heavy (non-hydrogen) atoms. The lowest BCUT2D eigenvalue weighted by Gasteiger charge is -2.23. The molecule has 1 aliphatic heterocycles. The van der Waals surface area contributed by atoms with E-state index in [0.717, 1.165) is 12.5 Å². The van der Waals surface area contributed by atoms with E-state index in [1.165, 1.54) is 12.8 Å². The summed E-state index contributed by atoms with van der Waals surface area (Å²) >= 11 is 0. The quantitative estimate of drug-likeness (QED) is 0.510. The Morgan fingerprint density at radius 2 is 1.70 bits per heavy atom. The second kappa shape index (κ2) is 5.72. The van der Waals surface area contributed by atoms with E-state index in [2.05, 4.69) is 13.8 Å². The van der Waals surface area contributed by atoms with Crippen LogP contribution in [0.1, 0.15) is 41.5 Å². The molecule has 0 N–H and O–H groups in total. The summed E-state index contributed by atoms with van der Waals surface area (Å²) < 4.78 is 5.39. The molecule has 0 bridgehead atoms. The van der Waals surface area contributed by atoms with Gasteiger partial charge in [0.2, 0.25) is 0 Å². The van der Waals surface area contributed by atoms with E-state index in [1.807, 2.05) is 0 Å². The van der Waals surface area contributed by atoms with Crippen molar-refractivity contribution in [2.24, 2.45) is 5.92 Å². The molecule has 0 saturated carbocycles. The van der Waals surface area contributed by atoms with Crippen LogP contribution < -0.4 is 0 Å². The Morgan fingerprint density at radius 3 is 2.00 bits per heavy atom. The molecule has 0 amide bonds. The second-order valence-corrected chi connectivity index (χ2v) is 2.83. The molecule has 1 fully saturated rings. The average molecular weight is 146 g/mol. The lowest BCUT2D eigenvalue weighted by molar-refractivity contribution is 0.000267. The minimum atomic E-state index is 0. The van der Waals surface area contributed by atoms with Gasteiger partial charge in [-0.1, -0.05) is 21.8 Å². The van der Waals surface area contributed by atoms with Gasteiger partial charge in [0.25, 0.3) is 0 Å². The van der Waals surface area contributed by atoms with Crippen LogP contribution in [0.5, 0.6) is 0 Å². The maximum absolute atomic E-state index is 5.39. The normalized spacial score (nSPS) is 31.8. The van der Waals surface area contributed by atoms with E-state index in [4.69, 9.17) is 4.74 Å². The Balaban J connectivity index is 0. The Kier molecular flexibility index (Phi) is 7.22. The Labute approximate surface area is 65.8 Å². The molecule has 0 aromatic carbocycles. The molecular formula is C9H22O. The summed E-state index contributed by atoms with van der Waals surface area (Å²) in [6.07, 6.45) is 3.12. The molecule has 1 rings (SSSR count). The molecule has 1 saturated heterocycles. The summed E-state index contributed by atoms with van der Waals surface area (Å²) in [5.74, 6) is 0.797. The van der Waals surface area contributed by atoms with Crippen molar-refractivity contribution in [2.75, 3.05) is 6.61 Å². The Hall–Kier alpha value is -0.0400. The van der Waals surface area contributed by atoms with Gasteiger partial charge < -0.3 is 4.74 Å². The van der Waals surface area contributed by atoms with Crippen LogP contribution in [0.3, 0.4) is 0 Å². The summed E-state index contributed by atoms with van der Waals surface area (Å²) in [7, 11) is 0. The fourth-order valence-electron chi connectivity index (χ4n) is 1.01. The molecule has 0 aromatic rings. The second-order valence-electron chi connectivity index (χ2n) is 2.83. The number of rotatable bonds is 0. The van der Waals surface area contributed by atoms with E-state index in [0.29, 0.717) is 6.10 Å². The van der Waals surface area contributed by atoms with Gasteiger partial charge in [-0.3, -0.25) is 0 Å². The van der Waals surface area contributed by atoms with Crippen molar-refractivity contribution in [2.45, 2.75) is 47.6 Å². The SMILES string of the molecule is C.C.CC1CCC(C)OC1. The zero-order valence-corrected chi connectivity index (χ0v) is 5.68. The third-order valence-corrected chi connectivity index (χ3v) is 1.73. The van der Waals surface area contributed by atoms with Gasteiger partial charge in [-0.05, 0) is 25.7 Å². The summed E-state index contributed by atoms with van der Waals surface area (Å²) in [6, 6.07) is 0. The van der Waals surface area contributed by atoms with Crippen LogP contribution in [-0.4, -0.2) is 12.7 Å². The topological polar surface area (TPSA) is 9.23 Å². The molecule has 0 spiro atoms. The van der Waals surface area contributed by atoms with E-state index in [9.17, 15) is 0 Å². The highest BCUT2D eigenvalue weighted by atomic mass is 16.5. The average Bonchev–Trinajstić information content (AvgIpc) is 1.77. The molecule has 1 heterocycles. The van der Waals surface area contributed by atoms with Crippen LogP contribution >= 0.6 is 0 Å². The highest BCUT2D eigenvalue weighted by Gasteiger charge is 2.13. The van der Waals surface area contributed by atoms with E-state index in [-0.39, 0.29) is 14.9 Å². The zero-order chi connectivity index (χ0) is 5.98. The third kappa shape index (κ3) is 3.89. The van der Waals surface area contributed by atoms with Gasteiger partial charge in [-0.25, -0.2) is 0 Å². The standard InChI is InChI=1S/C7H14O.2CH4/c1-6-3-4-7(2)8-5-6;;/h6-7H,3-5H2,1-2H3;2*1H4. The smallest absolute Gasteiger partial charge is 0.0547 e. The van der Waals surface area contributed by atoms with Crippen LogP contribution in [-0.2, 0) is 4.74 Å². The van der Waals surface area contributed by atoms with Crippen molar-refractivity contribution in [3.63, 3.8) is 0 Å². The number of hydrogen-bond donors (Lipinski definition) is 0. The van der Waals surface area contributed by atoms with Crippen molar-refractivity contribution >= 4 is 0 Å². The molecule has 1 heteroatoms. The number of ether oxygens (including phenoxy) is 1. The summed E-state index contributed by atoms with van der Waals surface area (Å²) in [5.41, 5.74) is 0. The maximum atomic E-state index is 5.39. The van der Waals surface area contributed by atoms with E-state index < -0.39 is 0 Å². The molecule has 2 unspecified atom stereocenters. The first-order valence-corrected chi connectivity index (χ1v) is 3.40. The highest BCUT2D eigenvalue weighted by molar-refractivity contribution is 4.62. The van der Waals surface area contributed by atoms with Crippen molar-refractivity contribution in [1.82, 2.24) is 0 Å². The summed E-state index contributed by atoms with van der Waals surface area (Å²) in [4.78, 5) is 0. The predicted molar refractivity (Wildman–Crippen MR) is 47.3 cm³/mol. The van der Waals surface area contributed by atoms with Crippen molar-refractivity contribution in [3.05, 3.63) is 0 Å². The van der Waals surface area contributed by atoms with Gasteiger partial charge in [-0.15, -0.1) is 0 Å². The van der Waals surface area contributed by atoms with Gasteiger partial charge in [0.1, 0.15) is 0 Å². The van der Waals surface area contributed by atoms with E-state index >= 15 is 0 Å². The summed E-state index contributed by atoms with van der Waals surface area (Å²) in [6.45, 7) is 5.36. The minimum absolute atomic E-state index is 0. The van der Waals surface area contributed by atoms with Crippen LogP contribution in [0.2, 0.25) is 0 Å². The Morgan fingerprint density at radius 1 is 1.10 bits per heavy atom. The largest absolute Gasteiger partial charge is 0.378 e. The molecule has 0 aromatic heterocycles.